The maximum atomic E-state index is 7.00. The van der Waals surface area contributed by atoms with Crippen LogP contribution in [0.5, 0.6) is 0 Å². The van der Waals surface area contributed by atoms with Crippen molar-refractivity contribution in [3.05, 3.63) is 211 Å². The van der Waals surface area contributed by atoms with Crippen LogP contribution in [-0.4, -0.2) is 0 Å². The summed E-state index contributed by atoms with van der Waals surface area (Å²) in [5, 5.41) is 2.24. The maximum absolute atomic E-state index is 7.00. The van der Waals surface area contributed by atoms with Gasteiger partial charge in [0.25, 0.3) is 0 Å². The minimum atomic E-state index is -0.519. The zero-order valence-corrected chi connectivity index (χ0v) is 28.8. The van der Waals surface area contributed by atoms with Gasteiger partial charge < -0.3 is 9.32 Å². The summed E-state index contributed by atoms with van der Waals surface area (Å²) in [6.07, 6.45) is 0. The molecule has 0 fully saturated rings. The topological polar surface area (TPSA) is 16.4 Å². The van der Waals surface area contributed by atoms with Crippen LogP contribution in [0.3, 0.4) is 0 Å². The lowest BCUT2D eigenvalue weighted by molar-refractivity contribution is 0.638. The summed E-state index contributed by atoms with van der Waals surface area (Å²) in [6.45, 7) is 2.39. The van der Waals surface area contributed by atoms with Crippen LogP contribution in [0.4, 0.5) is 17.1 Å². The summed E-state index contributed by atoms with van der Waals surface area (Å²) in [4.78, 5) is 2.43. The summed E-state index contributed by atoms with van der Waals surface area (Å²) in [6, 6.07) is 69.9. The monoisotopic (exact) mass is 665 g/mol. The molecule has 0 amide bonds. The van der Waals surface area contributed by atoms with Gasteiger partial charge in [-0.15, -0.1) is 0 Å². The standard InChI is InChI=1S/C50H35NO/c1-50(44-24-11-8-21-40(44)41-22-9-12-25-45(41)50)48-46(32-31-43-42-23-10-13-26-47(42)52-49(43)48)51(38-29-27-36(28-30-38)34-15-4-2-5-16-34)39-20-14-19-37(33-39)35-17-6-3-7-18-35/h2-33H,1H3. The number of nitrogens with zero attached hydrogens (tertiary/aromatic N) is 1. The molecular weight excluding hydrogens is 631 g/mol. The van der Waals surface area contributed by atoms with E-state index < -0.39 is 5.41 Å². The van der Waals surface area contributed by atoms with Crippen molar-refractivity contribution in [2.45, 2.75) is 12.3 Å². The molecule has 1 heterocycles. The Labute approximate surface area is 303 Å². The van der Waals surface area contributed by atoms with Crippen molar-refractivity contribution in [3.8, 4) is 33.4 Å². The normalized spacial score (nSPS) is 12.9. The van der Waals surface area contributed by atoms with Crippen LogP contribution >= 0.6 is 0 Å². The van der Waals surface area contributed by atoms with Gasteiger partial charge in [0.05, 0.1) is 5.69 Å². The highest BCUT2D eigenvalue weighted by molar-refractivity contribution is 6.09. The molecule has 246 valence electrons. The molecule has 10 rings (SSSR count). The Hall–Kier alpha value is -6.64. The summed E-state index contributed by atoms with van der Waals surface area (Å²) in [5.41, 5.74) is 15.5. The second-order valence-corrected chi connectivity index (χ2v) is 13.8. The molecule has 0 radical (unpaired) electrons. The van der Waals surface area contributed by atoms with E-state index in [1.54, 1.807) is 0 Å². The molecule has 8 aromatic carbocycles. The molecule has 0 saturated heterocycles. The number of hydrogen-bond acceptors (Lipinski definition) is 2. The Morgan fingerprint density at radius 3 is 1.67 bits per heavy atom. The third-order valence-corrected chi connectivity index (χ3v) is 10.9. The van der Waals surface area contributed by atoms with Crippen molar-refractivity contribution in [1.82, 2.24) is 0 Å². The van der Waals surface area contributed by atoms with E-state index in [4.69, 9.17) is 4.42 Å². The smallest absolute Gasteiger partial charge is 0.141 e. The van der Waals surface area contributed by atoms with Crippen LogP contribution in [0.25, 0.3) is 55.3 Å². The zero-order valence-electron chi connectivity index (χ0n) is 28.8. The molecule has 1 aliphatic carbocycles. The SMILES string of the molecule is CC1(c2c(N(c3ccc(-c4ccccc4)cc3)c3cccc(-c4ccccc4)c3)ccc3c2oc2ccccc23)c2ccccc2-c2ccccc21. The Balaban J connectivity index is 1.29. The minimum Gasteiger partial charge on any atom is -0.456 e. The lowest BCUT2D eigenvalue weighted by Gasteiger charge is -2.35. The Bertz CT molecular complexity index is 2700. The molecule has 0 saturated carbocycles. The first-order valence-corrected chi connectivity index (χ1v) is 17.9. The number of furan rings is 1. The predicted molar refractivity (Wildman–Crippen MR) is 217 cm³/mol. The summed E-state index contributed by atoms with van der Waals surface area (Å²) in [7, 11) is 0. The molecule has 0 N–H and O–H groups in total. The van der Waals surface area contributed by atoms with Gasteiger partial charge in [-0.3, -0.25) is 0 Å². The quantitative estimate of drug-likeness (QED) is 0.176. The third kappa shape index (κ3) is 4.65. The average Bonchev–Trinajstić information content (AvgIpc) is 3.72. The van der Waals surface area contributed by atoms with Gasteiger partial charge in [-0.1, -0.05) is 152 Å². The number of anilines is 3. The van der Waals surface area contributed by atoms with E-state index in [9.17, 15) is 0 Å². The van der Waals surface area contributed by atoms with E-state index in [-0.39, 0.29) is 0 Å². The highest BCUT2D eigenvalue weighted by Gasteiger charge is 2.45. The van der Waals surface area contributed by atoms with Crippen LogP contribution in [0, 0.1) is 0 Å². The molecule has 1 aliphatic rings. The van der Waals surface area contributed by atoms with Gasteiger partial charge in [0.1, 0.15) is 11.2 Å². The number of rotatable bonds is 6. The van der Waals surface area contributed by atoms with Gasteiger partial charge in [-0.05, 0) is 93.9 Å². The van der Waals surface area contributed by atoms with Gasteiger partial charge in [0.15, 0.2) is 0 Å². The molecule has 0 bridgehead atoms. The van der Waals surface area contributed by atoms with Crippen LogP contribution < -0.4 is 4.90 Å². The second-order valence-electron chi connectivity index (χ2n) is 13.8. The minimum absolute atomic E-state index is 0.519. The molecular formula is C50H35NO. The third-order valence-electron chi connectivity index (χ3n) is 10.9. The van der Waals surface area contributed by atoms with Crippen molar-refractivity contribution >= 4 is 39.0 Å². The molecule has 0 atom stereocenters. The Morgan fingerprint density at radius 2 is 0.981 bits per heavy atom. The predicted octanol–water partition coefficient (Wildman–Crippen LogP) is 13.7. The fraction of sp³-hybridized carbons (Fsp3) is 0.0400. The Morgan fingerprint density at radius 1 is 0.423 bits per heavy atom. The first kappa shape index (κ1) is 30.2. The molecule has 52 heavy (non-hydrogen) atoms. The lowest BCUT2D eigenvalue weighted by Crippen LogP contribution is -2.26. The fourth-order valence-electron chi connectivity index (χ4n) is 8.49. The van der Waals surface area contributed by atoms with Crippen molar-refractivity contribution < 1.29 is 4.42 Å². The van der Waals surface area contributed by atoms with E-state index in [0.29, 0.717) is 0 Å². The summed E-state index contributed by atoms with van der Waals surface area (Å²) >= 11 is 0. The highest BCUT2D eigenvalue weighted by atomic mass is 16.3. The van der Waals surface area contributed by atoms with E-state index in [2.05, 4.69) is 206 Å². The zero-order chi connectivity index (χ0) is 34.6. The number of para-hydroxylation sites is 1. The lowest BCUT2D eigenvalue weighted by atomic mass is 9.72. The molecule has 2 nitrogen and oxygen atoms in total. The molecule has 0 aliphatic heterocycles. The van der Waals surface area contributed by atoms with E-state index in [0.717, 1.165) is 50.1 Å². The summed E-state index contributed by atoms with van der Waals surface area (Å²) < 4.78 is 7.00. The van der Waals surface area contributed by atoms with Crippen molar-refractivity contribution in [2.75, 3.05) is 4.90 Å². The molecule has 0 spiro atoms. The summed E-state index contributed by atoms with van der Waals surface area (Å²) in [5.74, 6) is 0. The van der Waals surface area contributed by atoms with E-state index >= 15 is 0 Å². The fourth-order valence-corrected chi connectivity index (χ4v) is 8.49. The highest BCUT2D eigenvalue weighted by Crippen LogP contribution is 2.57. The second kappa shape index (κ2) is 12.0. The van der Waals surface area contributed by atoms with Crippen LogP contribution in [-0.2, 0) is 5.41 Å². The van der Waals surface area contributed by atoms with Crippen LogP contribution in [0.15, 0.2) is 199 Å². The van der Waals surface area contributed by atoms with Crippen LogP contribution in [0.2, 0.25) is 0 Å². The van der Waals surface area contributed by atoms with Gasteiger partial charge in [-0.25, -0.2) is 0 Å². The molecule has 9 aromatic rings. The first-order valence-electron chi connectivity index (χ1n) is 17.9. The Kier molecular flexibility index (Phi) is 6.97. The van der Waals surface area contributed by atoms with Crippen molar-refractivity contribution in [3.63, 3.8) is 0 Å². The van der Waals surface area contributed by atoms with Crippen molar-refractivity contribution in [1.29, 1.82) is 0 Å². The van der Waals surface area contributed by atoms with Crippen molar-refractivity contribution in [2.24, 2.45) is 0 Å². The molecule has 0 unspecified atom stereocenters. The maximum Gasteiger partial charge on any atom is 0.141 e. The van der Waals surface area contributed by atoms with E-state index in [1.165, 1.54) is 38.9 Å². The number of fused-ring (bicyclic) bond motifs is 6. The van der Waals surface area contributed by atoms with Gasteiger partial charge in [0, 0.05) is 33.1 Å². The molecule has 2 heteroatoms. The van der Waals surface area contributed by atoms with E-state index in [1.807, 2.05) is 0 Å². The largest absolute Gasteiger partial charge is 0.456 e. The average molecular weight is 666 g/mol. The number of benzene rings is 8. The molecule has 1 aromatic heterocycles. The first-order chi connectivity index (χ1) is 25.7. The van der Waals surface area contributed by atoms with Gasteiger partial charge in [0.2, 0.25) is 0 Å². The van der Waals surface area contributed by atoms with Gasteiger partial charge in [-0.2, -0.15) is 0 Å². The van der Waals surface area contributed by atoms with Crippen LogP contribution in [0.1, 0.15) is 23.6 Å². The number of hydrogen-bond donors (Lipinski definition) is 0. The van der Waals surface area contributed by atoms with Gasteiger partial charge >= 0.3 is 0 Å².